The van der Waals surface area contributed by atoms with Crippen LogP contribution >= 0.6 is 0 Å². The number of nitrogens with one attached hydrogen (secondary N) is 2. The standard InChI is InChI=1S/C17H19F3N2O/c1-10-7-12-9-14(5-6-15(12)21-10)22-16(23)11-3-2-4-13(8-11)17(18,19)20/h5-7,9,11,13,21H,2-4,8H2,1H3,(H,22,23). The van der Waals surface area contributed by atoms with E-state index < -0.39 is 18.0 Å². The second kappa shape index (κ2) is 5.91. The first kappa shape index (κ1) is 15.9. The van der Waals surface area contributed by atoms with E-state index in [-0.39, 0.29) is 18.7 Å². The van der Waals surface area contributed by atoms with Gasteiger partial charge in [-0.2, -0.15) is 13.2 Å². The number of rotatable bonds is 2. The van der Waals surface area contributed by atoms with E-state index in [0.717, 1.165) is 16.6 Å². The predicted octanol–water partition coefficient (Wildman–Crippen LogP) is 4.78. The van der Waals surface area contributed by atoms with Gasteiger partial charge in [0.2, 0.25) is 5.91 Å². The molecular weight excluding hydrogens is 305 g/mol. The number of hydrogen-bond acceptors (Lipinski definition) is 1. The molecule has 0 bridgehead atoms. The average molecular weight is 324 g/mol. The van der Waals surface area contributed by atoms with E-state index in [1.54, 1.807) is 6.07 Å². The Balaban J connectivity index is 1.70. The summed E-state index contributed by atoms with van der Waals surface area (Å²) in [4.78, 5) is 15.5. The highest BCUT2D eigenvalue weighted by atomic mass is 19.4. The maximum Gasteiger partial charge on any atom is 0.391 e. The van der Waals surface area contributed by atoms with Crippen molar-refractivity contribution >= 4 is 22.5 Å². The van der Waals surface area contributed by atoms with Gasteiger partial charge in [0, 0.05) is 28.2 Å². The van der Waals surface area contributed by atoms with Crippen molar-refractivity contribution in [3.05, 3.63) is 30.0 Å². The van der Waals surface area contributed by atoms with Crippen LogP contribution in [0, 0.1) is 18.8 Å². The number of alkyl halides is 3. The molecule has 6 heteroatoms. The molecule has 0 saturated heterocycles. The third-order valence-corrected chi connectivity index (χ3v) is 4.53. The molecule has 0 aliphatic heterocycles. The molecule has 2 aromatic rings. The van der Waals surface area contributed by atoms with Gasteiger partial charge in [-0.3, -0.25) is 4.79 Å². The van der Waals surface area contributed by atoms with Crippen LogP contribution in [0.4, 0.5) is 18.9 Å². The van der Waals surface area contributed by atoms with Crippen LogP contribution in [-0.2, 0) is 4.79 Å². The largest absolute Gasteiger partial charge is 0.391 e. The Hall–Kier alpha value is -1.98. The third kappa shape index (κ3) is 3.51. The summed E-state index contributed by atoms with van der Waals surface area (Å²) in [5.74, 6) is -2.24. The first-order valence-corrected chi connectivity index (χ1v) is 7.80. The van der Waals surface area contributed by atoms with Crippen molar-refractivity contribution in [2.75, 3.05) is 5.32 Å². The molecule has 124 valence electrons. The number of aromatic amines is 1. The number of H-pyrrole nitrogens is 1. The van der Waals surface area contributed by atoms with Gasteiger partial charge in [0.05, 0.1) is 5.92 Å². The van der Waals surface area contributed by atoms with Gasteiger partial charge >= 0.3 is 6.18 Å². The van der Waals surface area contributed by atoms with Crippen LogP contribution in [0.15, 0.2) is 24.3 Å². The van der Waals surface area contributed by atoms with E-state index in [4.69, 9.17) is 0 Å². The Morgan fingerprint density at radius 2 is 2.04 bits per heavy atom. The van der Waals surface area contributed by atoms with Gasteiger partial charge in [-0.15, -0.1) is 0 Å². The van der Waals surface area contributed by atoms with Crippen molar-refractivity contribution in [1.29, 1.82) is 0 Å². The molecule has 1 aromatic heterocycles. The van der Waals surface area contributed by atoms with Crippen LogP contribution in [0.25, 0.3) is 10.9 Å². The Bertz CT molecular complexity index is 720. The molecule has 2 N–H and O–H groups in total. The monoisotopic (exact) mass is 324 g/mol. The average Bonchev–Trinajstić information content (AvgIpc) is 2.86. The highest BCUT2D eigenvalue weighted by molar-refractivity contribution is 5.95. The molecule has 2 atom stereocenters. The molecule has 1 amide bonds. The van der Waals surface area contributed by atoms with Gasteiger partial charge in [-0.25, -0.2) is 0 Å². The van der Waals surface area contributed by atoms with E-state index in [0.29, 0.717) is 18.5 Å². The van der Waals surface area contributed by atoms with Gasteiger partial charge in [0.1, 0.15) is 0 Å². The van der Waals surface area contributed by atoms with Gasteiger partial charge in [-0.1, -0.05) is 6.42 Å². The molecule has 3 rings (SSSR count). The lowest BCUT2D eigenvalue weighted by Gasteiger charge is -2.29. The molecule has 1 saturated carbocycles. The highest BCUT2D eigenvalue weighted by Gasteiger charge is 2.43. The summed E-state index contributed by atoms with van der Waals surface area (Å²) in [7, 11) is 0. The summed E-state index contributed by atoms with van der Waals surface area (Å²) in [6.07, 6.45) is -3.23. The van der Waals surface area contributed by atoms with Crippen molar-refractivity contribution in [1.82, 2.24) is 4.98 Å². The Morgan fingerprint density at radius 1 is 1.26 bits per heavy atom. The summed E-state index contributed by atoms with van der Waals surface area (Å²) in [5.41, 5.74) is 2.61. The molecule has 1 aliphatic carbocycles. The second-order valence-electron chi connectivity index (χ2n) is 6.35. The summed E-state index contributed by atoms with van der Waals surface area (Å²) in [6.45, 7) is 1.94. The fourth-order valence-corrected chi connectivity index (χ4v) is 3.33. The summed E-state index contributed by atoms with van der Waals surface area (Å²) in [5, 5.41) is 3.73. The van der Waals surface area contributed by atoms with Gasteiger partial charge in [-0.05, 0) is 50.5 Å². The van der Waals surface area contributed by atoms with Crippen molar-refractivity contribution < 1.29 is 18.0 Å². The lowest BCUT2D eigenvalue weighted by Crippen LogP contribution is -2.34. The fraction of sp³-hybridized carbons (Fsp3) is 0.471. The Labute approximate surface area is 132 Å². The van der Waals surface area contributed by atoms with E-state index in [1.165, 1.54) is 0 Å². The normalized spacial score (nSPS) is 22.3. The first-order valence-electron chi connectivity index (χ1n) is 7.80. The summed E-state index contributed by atoms with van der Waals surface area (Å²) < 4.78 is 38.5. The van der Waals surface area contributed by atoms with Crippen molar-refractivity contribution in [3.8, 4) is 0 Å². The summed E-state index contributed by atoms with van der Waals surface area (Å²) >= 11 is 0. The van der Waals surface area contributed by atoms with Crippen LogP contribution in [0.3, 0.4) is 0 Å². The zero-order valence-electron chi connectivity index (χ0n) is 12.8. The zero-order valence-corrected chi connectivity index (χ0v) is 12.8. The van der Waals surface area contributed by atoms with Crippen LogP contribution in [0.1, 0.15) is 31.4 Å². The SMILES string of the molecule is Cc1cc2cc(NC(=O)C3CCCC(C(F)(F)F)C3)ccc2[nH]1. The molecule has 2 unspecified atom stereocenters. The van der Waals surface area contributed by atoms with Crippen LogP contribution in [0.2, 0.25) is 0 Å². The van der Waals surface area contributed by atoms with E-state index in [1.807, 2.05) is 25.1 Å². The topological polar surface area (TPSA) is 44.9 Å². The van der Waals surface area contributed by atoms with Crippen LogP contribution in [0.5, 0.6) is 0 Å². The Morgan fingerprint density at radius 3 is 2.78 bits per heavy atom. The molecule has 1 aromatic carbocycles. The highest BCUT2D eigenvalue weighted by Crippen LogP contribution is 2.40. The molecule has 1 fully saturated rings. The number of benzene rings is 1. The number of amides is 1. The van der Waals surface area contributed by atoms with Crippen molar-refractivity contribution in [3.63, 3.8) is 0 Å². The maximum atomic E-state index is 12.8. The van der Waals surface area contributed by atoms with Crippen LogP contribution in [-0.4, -0.2) is 17.1 Å². The second-order valence-corrected chi connectivity index (χ2v) is 6.35. The molecular formula is C17H19F3N2O. The minimum absolute atomic E-state index is 0.110. The van der Waals surface area contributed by atoms with Crippen molar-refractivity contribution in [2.24, 2.45) is 11.8 Å². The van der Waals surface area contributed by atoms with E-state index >= 15 is 0 Å². The molecule has 0 radical (unpaired) electrons. The number of aromatic nitrogens is 1. The number of aryl methyl sites for hydroxylation is 1. The number of halogens is 3. The molecule has 1 aliphatic rings. The zero-order chi connectivity index (χ0) is 16.6. The number of carbonyl (C=O) groups excluding carboxylic acids is 1. The minimum Gasteiger partial charge on any atom is -0.359 e. The molecule has 3 nitrogen and oxygen atoms in total. The fourth-order valence-electron chi connectivity index (χ4n) is 3.33. The number of carbonyl (C=O) groups is 1. The Kier molecular flexibility index (Phi) is 4.08. The predicted molar refractivity (Wildman–Crippen MR) is 83.2 cm³/mol. The first-order chi connectivity index (χ1) is 10.8. The quantitative estimate of drug-likeness (QED) is 0.820. The molecule has 23 heavy (non-hydrogen) atoms. The maximum absolute atomic E-state index is 12.8. The molecule has 1 heterocycles. The van der Waals surface area contributed by atoms with E-state index in [2.05, 4.69) is 10.3 Å². The van der Waals surface area contributed by atoms with Gasteiger partial charge in [0.25, 0.3) is 0 Å². The minimum atomic E-state index is -4.21. The van der Waals surface area contributed by atoms with Crippen molar-refractivity contribution in [2.45, 2.75) is 38.8 Å². The lowest BCUT2D eigenvalue weighted by atomic mass is 9.80. The van der Waals surface area contributed by atoms with E-state index in [9.17, 15) is 18.0 Å². The number of fused-ring (bicyclic) bond motifs is 1. The smallest absolute Gasteiger partial charge is 0.359 e. The molecule has 0 spiro atoms. The van der Waals surface area contributed by atoms with Gasteiger partial charge in [0.15, 0.2) is 0 Å². The number of hydrogen-bond donors (Lipinski definition) is 2. The van der Waals surface area contributed by atoms with Crippen LogP contribution < -0.4 is 5.32 Å². The lowest BCUT2D eigenvalue weighted by molar-refractivity contribution is -0.185. The summed E-state index contributed by atoms with van der Waals surface area (Å²) in [6, 6.07) is 7.42. The third-order valence-electron chi connectivity index (χ3n) is 4.53. The number of anilines is 1. The van der Waals surface area contributed by atoms with Gasteiger partial charge < -0.3 is 10.3 Å².